The molecule has 1 aliphatic heterocycles. The number of hydrogen-bond acceptors (Lipinski definition) is 4. The fraction of sp³-hybridized carbons (Fsp3) is 0.238. The molecule has 0 radical (unpaired) electrons. The molecule has 0 aliphatic carbocycles. The maximum absolute atomic E-state index is 4.80. The number of nitrogens with zero attached hydrogens (tertiary/aromatic N) is 4. The van der Waals surface area contributed by atoms with E-state index < -0.39 is 0 Å². The van der Waals surface area contributed by atoms with Crippen LogP contribution in [0.15, 0.2) is 66.7 Å². The molecular weight excluding hydrogens is 340 g/mol. The Hall–Kier alpha value is -2.50. The highest BCUT2D eigenvalue weighted by atomic mass is 32.1. The van der Waals surface area contributed by atoms with Crippen molar-refractivity contribution in [2.24, 2.45) is 0 Å². The monoisotopic (exact) mass is 360 g/mol. The average molecular weight is 360 g/mol. The molecule has 0 saturated carbocycles. The first kappa shape index (κ1) is 15.7. The SMILES string of the molecule is c1csc(-c2ccc3c([C@@H]4CCCN4Cc4ccncc4)ncn3c2)c1. The third kappa shape index (κ3) is 2.83. The summed E-state index contributed by atoms with van der Waals surface area (Å²) >= 11 is 1.77. The molecule has 130 valence electrons. The van der Waals surface area contributed by atoms with E-state index in [-0.39, 0.29) is 0 Å². The third-order valence-electron chi connectivity index (χ3n) is 5.18. The summed E-state index contributed by atoms with van der Waals surface area (Å²) in [6.07, 6.45) is 10.3. The van der Waals surface area contributed by atoms with Gasteiger partial charge in [-0.1, -0.05) is 6.07 Å². The summed E-state index contributed by atoms with van der Waals surface area (Å²) in [6.45, 7) is 2.08. The van der Waals surface area contributed by atoms with Crippen LogP contribution in [0.2, 0.25) is 0 Å². The van der Waals surface area contributed by atoms with Crippen LogP contribution in [0.4, 0.5) is 0 Å². The number of fused-ring (bicyclic) bond motifs is 1. The van der Waals surface area contributed by atoms with Crippen molar-refractivity contribution in [3.63, 3.8) is 0 Å². The molecule has 0 spiro atoms. The Morgan fingerprint density at radius 1 is 1.12 bits per heavy atom. The van der Waals surface area contributed by atoms with Crippen LogP contribution in [0.5, 0.6) is 0 Å². The second-order valence-electron chi connectivity index (χ2n) is 6.80. The minimum absolute atomic E-state index is 0.390. The highest BCUT2D eigenvalue weighted by Crippen LogP contribution is 2.35. The van der Waals surface area contributed by atoms with Crippen LogP contribution in [0.1, 0.15) is 30.1 Å². The van der Waals surface area contributed by atoms with Crippen molar-refractivity contribution in [3.8, 4) is 10.4 Å². The smallest absolute Gasteiger partial charge is 0.0996 e. The van der Waals surface area contributed by atoms with Gasteiger partial charge in [-0.2, -0.15) is 0 Å². The summed E-state index contributed by atoms with van der Waals surface area (Å²) in [6, 6.07) is 13.3. The van der Waals surface area contributed by atoms with E-state index in [0.29, 0.717) is 6.04 Å². The molecule has 4 aromatic heterocycles. The number of hydrogen-bond donors (Lipinski definition) is 0. The summed E-state index contributed by atoms with van der Waals surface area (Å²) < 4.78 is 2.17. The summed E-state index contributed by atoms with van der Waals surface area (Å²) in [4.78, 5) is 12.8. The number of rotatable bonds is 4. The maximum Gasteiger partial charge on any atom is 0.0996 e. The second kappa shape index (κ2) is 6.67. The molecule has 1 aliphatic rings. The van der Waals surface area contributed by atoms with Gasteiger partial charge in [-0.3, -0.25) is 9.88 Å². The van der Waals surface area contributed by atoms with Gasteiger partial charge in [-0.05, 0) is 60.7 Å². The fourth-order valence-electron chi connectivity index (χ4n) is 3.91. The van der Waals surface area contributed by atoms with E-state index in [2.05, 4.69) is 62.3 Å². The molecule has 4 nitrogen and oxygen atoms in total. The topological polar surface area (TPSA) is 33.4 Å². The van der Waals surface area contributed by atoms with Gasteiger partial charge in [0.1, 0.15) is 0 Å². The zero-order valence-corrected chi connectivity index (χ0v) is 15.3. The lowest BCUT2D eigenvalue weighted by atomic mass is 10.1. The molecule has 0 unspecified atom stereocenters. The quantitative estimate of drug-likeness (QED) is 0.524. The summed E-state index contributed by atoms with van der Waals surface area (Å²) in [5, 5.41) is 2.12. The Morgan fingerprint density at radius 3 is 2.88 bits per heavy atom. The van der Waals surface area contributed by atoms with Gasteiger partial charge in [0.25, 0.3) is 0 Å². The average Bonchev–Trinajstić information content (AvgIpc) is 3.42. The first-order valence-corrected chi connectivity index (χ1v) is 9.90. The van der Waals surface area contributed by atoms with Crippen molar-refractivity contribution < 1.29 is 0 Å². The number of imidazole rings is 1. The van der Waals surface area contributed by atoms with Crippen molar-refractivity contribution in [2.75, 3.05) is 6.54 Å². The Balaban J connectivity index is 1.46. The highest BCUT2D eigenvalue weighted by molar-refractivity contribution is 7.13. The van der Waals surface area contributed by atoms with E-state index in [0.717, 1.165) is 13.1 Å². The predicted octanol–water partition coefficient (Wildman–Crippen LogP) is 4.79. The van der Waals surface area contributed by atoms with Gasteiger partial charge >= 0.3 is 0 Å². The van der Waals surface area contributed by atoms with E-state index in [1.54, 1.807) is 11.3 Å². The molecule has 0 bridgehead atoms. The van der Waals surface area contributed by atoms with Crippen LogP contribution < -0.4 is 0 Å². The van der Waals surface area contributed by atoms with Gasteiger partial charge in [-0.15, -0.1) is 11.3 Å². The molecule has 0 aromatic carbocycles. The van der Waals surface area contributed by atoms with Crippen molar-refractivity contribution in [2.45, 2.75) is 25.4 Å². The Morgan fingerprint density at radius 2 is 2.04 bits per heavy atom. The lowest BCUT2D eigenvalue weighted by Crippen LogP contribution is -2.23. The van der Waals surface area contributed by atoms with Crippen LogP contribution >= 0.6 is 11.3 Å². The Bertz CT molecular complexity index is 1010. The van der Waals surface area contributed by atoms with Gasteiger partial charge in [0.2, 0.25) is 0 Å². The van der Waals surface area contributed by atoms with Crippen LogP contribution in [0.3, 0.4) is 0 Å². The van der Waals surface area contributed by atoms with Gasteiger partial charge < -0.3 is 4.40 Å². The highest BCUT2D eigenvalue weighted by Gasteiger charge is 2.29. The molecule has 1 atom stereocenters. The molecule has 0 amide bonds. The van der Waals surface area contributed by atoms with Crippen molar-refractivity contribution >= 4 is 16.9 Å². The normalized spacial score (nSPS) is 17.9. The van der Waals surface area contributed by atoms with Crippen molar-refractivity contribution in [1.82, 2.24) is 19.3 Å². The van der Waals surface area contributed by atoms with Crippen LogP contribution in [-0.2, 0) is 6.54 Å². The van der Waals surface area contributed by atoms with Crippen molar-refractivity contribution in [1.29, 1.82) is 0 Å². The Labute approximate surface area is 156 Å². The van der Waals surface area contributed by atoms with Crippen molar-refractivity contribution in [3.05, 3.63) is 78.0 Å². The summed E-state index contributed by atoms with van der Waals surface area (Å²) in [5.41, 5.74) is 4.98. The molecule has 5 heteroatoms. The molecule has 0 N–H and O–H groups in total. The molecular formula is C21H20N4S. The molecule has 5 rings (SSSR count). The number of thiophene rings is 1. The van der Waals surface area contributed by atoms with Gasteiger partial charge in [0, 0.05) is 35.6 Å². The summed E-state index contributed by atoms with van der Waals surface area (Å²) in [7, 11) is 0. The van der Waals surface area contributed by atoms with E-state index in [1.165, 1.54) is 40.1 Å². The zero-order chi connectivity index (χ0) is 17.3. The second-order valence-corrected chi connectivity index (χ2v) is 7.75. The van der Waals surface area contributed by atoms with E-state index >= 15 is 0 Å². The number of likely N-dealkylation sites (tertiary alicyclic amines) is 1. The summed E-state index contributed by atoms with van der Waals surface area (Å²) in [5.74, 6) is 0. The van der Waals surface area contributed by atoms with Crippen LogP contribution in [-0.4, -0.2) is 25.8 Å². The first-order valence-electron chi connectivity index (χ1n) is 9.02. The van der Waals surface area contributed by atoms with Gasteiger partial charge in [0.15, 0.2) is 0 Å². The zero-order valence-electron chi connectivity index (χ0n) is 14.5. The predicted molar refractivity (Wildman–Crippen MR) is 105 cm³/mol. The Kier molecular flexibility index (Phi) is 4.03. The van der Waals surface area contributed by atoms with Crippen LogP contribution in [0, 0.1) is 0 Å². The van der Waals surface area contributed by atoms with E-state index in [1.807, 2.05) is 18.7 Å². The molecule has 4 aromatic rings. The van der Waals surface area contributed by atoms with Crippen LogP contribution in [0.25, 0.3) is 16.0 Å². The largest absolute Gasteiger partial charge is 0.305 e. The number of aromatic nitrogens is 3. The number of pyridine rings is 2. The first-order chi connectivity index (χ1) is 12.9. The third-order valence-corrected chi connectivity index (χ3v) is 6.10. The van der Waals surface area contributed by atoms with Gasteiger partial charge in [0.05, 0.1) is 23.6 Å². The molecule has 26 heavy (non-hydrogen) atoms. The molecule has 1 saturated heterocycles. The lowest BCUT2D eigenvalue weighted by Gasteiger charge is -2.23. The van der Waals surface area contributed by atoms with E-state index in [4.69, 9.17) is 4.98 Å². The lowest BCUT2D eigenvalue weighted by molar-refractivity contribution is 0.246. The maximum atomic E-state index is 4.80. The minimum atomic E-state index is 0.390. The standard InChI is InChI=1S/C21H20N4S/c1-3-18(24(11-1)13-16-7-9-22-10-8-16)21-19-6-5-17(14-25(19)15-23-21)20-4-2-12-26-20/h2,4-10,12,14-15,18H,1,3,11,13H2/t18-/m0/s1. The minimum Gasteiger partial charge on any atom is -0.305 e. The van der Waals surface area contributed by atoms with Gasteiger partial charge in [-0.25, -0.2) is 4.98 Å². The molecule has 1 fully saturated rings. The fourth-order valence-corrected chi connectivity index (χ4v) is 4.63. The molecule has 5 heterocycles. The van der Waals surface area contributed by atoms with E-state index in [9.17, 15) is 0 Å².